The summed E-state index contributed by atoms with van der Waals surface area (Å²) in [6.45, 7) is 9.29. The molecule has 0 bridgehead atoms. The molecule has 1 aliphatic heterocycles. The second-order valence-electron chi connectivity index (χ2n) is 4.98. The third-order valence-corrected chi connectivity index (χ3v) is 2.89. The fourth-order valence-corrected chi connectivity index (χ4v) is 1.97. The Balaban J connectivity index is 1.81. The molecule has 0 aromatic rings. The molecule has 3 nitrogen and oxygen atoms in total. The van der Waals surface area contributed by atoms with E-state index in [1.165, 1.54) is 19.3 Å². The molecule has 0 radical (unpaired) electrons. The number of hydrogen-bond acceptors (Lipinski definition) is 3. The summed E-state index contributed by atoms with van der Waals surface area (Å²) in [4.78, 5) is 0. The van der Waals surface area contributed by atoms with Crippen LogP contribution in [-0.4, -0.2) is 38.0 Å². The molecular weight excluding hydrogens is 202 g/mol. The zero-order valence-corrected chi connectivity index (χ0v) is 11.0. The third-order valence-electron chi connectivity index (χ3n) is 2.89. The molecule has 1 saturated heterocycles. The van der Waals surface area contributed by atoms with Crippen molar-refractivity contribution < 1.29 is 9.47 Å². The molecule has 0 spiro atoms. The molecule has 0 aromatic heterocycles. The molecule has 16 heavy (non-hydrogen) atoms. The Morgan fingerprint density at radius 2 is 2.12 bits per heavy atom. The third kappa shape index (κ3) is 6.46. The van der Waals surface area contributed by atoms with Crippen molar-refractivity contribution in [2.75, 3.05) is 19.7 Å². The van der Waals surface area contributed by atoms with Crippen LogP contribution in [0, 0.1) is 0 Å². The first-order valence-corrected chi connectivity index (χ1v) is 6.66. The normalized spacial score (nSPS) is 25.5. The Hall–Kier alpha value is -0.120. The van der Waals surface area contributed by atoms with Gasteiger partial charge in [0.25, 0.3) is 0 Å². The number of ether oxygens (including phenoxy) is 2. The van der Waals surface area contributed by atoms with E-state index < -0.39 is 0 Å². The molecule has 96 valence electrons. The topological polar surface area (TPSA) is 30.5 Å². The summed E-state index contributed by atoms with van der Waals surface area (Å²) >= 11 is 0. The molecule has 1 fully saturated rings. The zero-order chi connectivity index (χ0) is 11.8. The smallest absolute Gasteiger partial charge is 0.0704 e. The summed E-state index contributed by atoms with van der Waals surface area (Å²) in [5, 5.41) is 3.46. The first-order valence-electron chi connectivity index (χ1n) is 6.66. The Labute approximate surface area is 99.9 Å². The van der Waals surface area contributed by atoms with Gasteiger partial charge in [-0.1, -0.05) is 0 Å². The van der Waals surface area contributed by atoms with Gasteiger partial charge in [0.2, 0.25) is 0 Å². The van der Waals surface area contributed by atoms with Crippen molar-refractivity contribution in [3.05, 3.63) is 0 Å². The second-order valence-corrected chi connectivity index (χ2v) is 4.98. The predicted octanol–water partition coefficient (Wildman–Crippen LogP) is 2.35. The van der Waals surface area contributed by atoms with Gasteiger partial charge in [0, 0.05) is 13.2 Å². The predicted molar refractivity (Wildman–Crippen MR) is 66.8 cm³/mol. The lowest BCUT2D eigenvalue weighted by molar-refractivity contribution is 0.0555. The minimum Gasteiger partial charge on any atom is -0.379 e. The summed E-state index contributed by atoms with van der Waals surface area (Å²) in [5.41, 5.74) is 0. The van der Waals surface area contributed by atoms with Crippen molar-refractivity contribution in [3.63, 3.8) is 0 Å². The van der Waals surface area contributed by atoms with Crippen LogP contribution in [0.3, 0.4) is 0 Å². The first kappa shape index (κ1) is 13.9. The molecule has 0 amide bonds. The van der Waals surface area contributed by atoms with Crippen LogP contribution in [0.5, 0.6) is 0 Å². The minimum atomic E-state index is 0.362. The summed E-state index contributed by atoms with van der Waals surface area (Å²) in [5.74, 6) is 0. The van der Waals surface area contributed by atoms with E-state index in [2.05, 4.69) is 26.1 Å². The number of nitrogens with one attached hydrogen (secondary N) is 1. The average molecular weight is 229 g/mol. The Morgan fingerprint density at radius 1 is 1.31 bits per heavy atom. The van der Waals surface area contributed by atoms with Crippen LogP contribution >= 0.6 is 0 Å². The van der Waals surface area contributed by atoms with Gasteiger partial charge in [-0.15, -0.1) is 0 Å². The second kappa shape index (κ2) is 8.04. The van der Waals surface area contributed by atoms with Crippen LogP contribution in [0.4, 0.5) is 0 Å². The molecular formula is C13H27NO2. The van der Waals surface area contributed by atoms with Crippen molar-refractivity contribution in [2.24, 2.45) is 0 Å². The van der Waals surface area contributed by atoms with Gasteiger partial charge >= 0.3 is 0 Å². The van der Waals surface area contributed by atoms with E-state index in [1.807, 2.05) is 0 Å². The fourth-order valence-electron chi connectivity index (χ4n) is 1.97. The average Bonchev–Trinajstić information content (AvgIpc) is 2.62. The molecule has 1 rings (SSSR count). The summed E-state index contributed by atoms with van der Waals surface area (Å²) in [7, 11) is 0. The van der Waals surface area contributed by atoms with Gasteiger partial charge < -0.3 is 14.8 Å². The van der Waals surface area contributed by atoms with Crippen molar-refractivity contribution in [1.29, 1.82) is 0 Å². The maximum atomic E-state index is 5.73. The quantitative estimate of drug-likeness (QED) is 0.648. The lowest BCUT2D eigenvalue weighted by Gasteiger charge is -2.12. The summed E-state index contributed by atoms with van der Waals surface area (Å²) in [6, 6.07) is 0. The van der Waals surface area contributed by atoms with E-state index in [1.54, 1.807) is 0 Å². The fraction of sp³-hybridized carbons (Fsp3) is 1.00. The van der Waals surface area contributed by atoms with Crippen molar-refractivity contribution >= 4 is 0 Å². The highest BCUT2D eigenvalue weighted by molar-refractivity contribution is 4.72. The van der Waals surface area contributed by atoms with Gasteiger partial charge in [-0.2, -0.15) is 0 Å². The van der Waals surface area contributed by atoms with E-state index in [9.17, 15) is 0 Å². The highest BCUT2D eigenvalue weighted by Crippen LogP contribution is 2.17. The molecule has 0 aliphatic carbocycles. The van der Waals surface area contributed by atoms with E-state index in [-0.39, 0.29) is 0 Å². The van der Waals surface area contributed by atoms with Crippen LogP contribution in [0.15, 0.2) is 0 Å². The number of unbranched alkanes of at least 4 members (excludes halogenated alkanes) is 1. The van der Waals surface area contributed by atoms with Crippen molar-refractivity contribution in [1.82, 2.24) is 5.32 Å². The molecule has 2 unspecified atom stereocenters. The van der Waals surface area contributed by atoms with Crippen LogP contribution in [0.1, 0.15) is 46.5 Å². The SMILES string of the molecule is CC(C)OCCCCNCC1CCC(C)O1. The number of rotatable bonds is 8. The highest BCUT2D eigenvalue weighted by atomic mass is 16.5. The van der Waals surface area contributed by atoms with E-state index >= 15 is 0 Å². The maximum Gasteiger partial charge on any atom is 0.0704 e. The van der Waals surface area contributed by atoms with Crippen LogP contribution in [0.25, 0.3) is 0 Å². The molecule has 2 atom stereocenters. The van der Waals surface area contributed by atoms with E-state index in [0.717, 1.165) is 26.1 Å². The molecule has 0 saturated carbocycles. The Bertz CT molecular complexity index is 173. The standard InChI is InChI=1S/C13H27NO2/c1-11(2)15-9-5-4-8-14-10-13-7-6-12(3)16-13/h11-14H,4-10H2,1-3H3. The maximum absolute atomic E-state index is 5.73. The molecule has 1 N–H and O–H groups in total. The van der Waals surface area contributed by atoms with Crippen LogP contribution in [0.2, 0.25) is 0 Å². The van der Waals surface area contributed by atoms with Gasteiger partial charge in [-0.3, -0.25) is 0 Å². The molecule has 3 heteroatoms. The Morgan fingerprint density at radius 3 is 2.75 bits per heavy atom. The lowest BCUT2D eigenvalue weighted by atomic mass is 10.2. The van der Waals surface area contributed by atoms with Crippen LogP contribution in [-0.2, 0) is 9.47 Å². The van der Waals surface area contributed by atoms with E-state index in [0.29, 0.717) is 18.3 Å². The lowest BCUT2D eigenvalue weighted by Crippen LogP contribution is -2.27. The number of hydrogen-bond donors (Lipinski definition) is 1. The first-order chi connectivity index (χ1) is 7.68. The van der Waals surface area contributed by atoms with E-state index in [4.69, 9.17) is 9.47 Å². The zero-order valence-electron chi connectivity index (χ0n) is 11.0. The van der Waals surface area contributed by atoms with Crippen LogP contribution < -0.4 is 5.32 Å². The summed E-state index contributed by atoms with van der Waals surface area (Å²) in [6.07, 6.45) is 6.04. The Kier molecular flexibility index (Phi) is 7.01. The molecule has 1 aliphatic rings. The van der Waals surface area contributed by atoms with Crippen molar-refractivity contribution in [2.45, 2.75) is 64.8 Å². The van der Waals surface area contributed by atoms with Gasteiger partial charge in [0.15, 0.2) is 0 Å². The van der Waals surface area contributed by atoms with Gasteiger partial charge in [0.05, 0.1) is 18.3 Å². The van der Waals surface area contributed by atoms with Gasteiger partial charge in [-0.05, 0) is 53.0 Å². The monoisotopic (exact) mass is 229 g/mol. The molecule has 0 aromatic carbocycles. The van der Waals surface area contributed by atoms with Gasteiger partial charge in [-0.25, -0.2) is 0 Å². The molecule has 1 heterocycles. The largest absolute Gasteiger partial charge is 0.379 e. The van der Waals surface area contributed by atoms with Crippen molar-refractivity contribution in [3.8, 4) is 0 Å². The van der Waals surface area contributed by atoms with Gasteiger partial charge in [0.1, 0.15) is 0 Å². The minimum absolute atomic E-state index is 0.362. The summed E-state index contributed by atoms with van der Waals surface area (Å²) < 4.78 is 11.2. The highest BCUT2D eigenvalue weighted by Gasteiger charge is 2.20.